The number of benzene rings is 3. The van der Waals surface area contributed by atoms with Gasteiger partial charge in [0.05, 0.1) is 6.54 Å². The zero-order chi connectivity index (χ0) is 30.9. The highest BCUT2D eigenvalue weighted by Gasteiger charge is 2.21. The first-order valence-electron chi connectivity index (χ1n) is 14.5. The van der Waals surface area contributed by atoms with E-state index in [1.165, 1.54) is 22.6 Å². The highest BCUT2D eigenvalue weighted by atomic mass is 19.3. The van der Waals surface area contributed by atoms with Crippen molar-refractivity contribution in [1.29, 1.82) is 0 Å². The number of alkyl halides is 2. The maximum absolute atomic E-state index is 15.2. The highest BCUT2D eigenvalue weighted by Crippen LogP contribution is 2.26. The maximum Gasteiger partial charge on any atom is 0.322 e. The van der Waals surface area contributed by atoms with E-state index < -0.39 is 18.1 Å². The molecule has 8 nitrogen and oxygen atoms in total. The summed E-state index contributed by atoms with van der Waals surface area (Å²) in [5.74, 6) is -1.66. The number of nitrogens with zero attached hydrogens (tertiary/aromatic N) is 5. The molecule has 0 atom stereocenters. The first kappa shape index (κ1) is 31.0. The van der Waals surface area contributed by atoms with Gasteiger partial charge in [0.1, 0.15) is 5.82 Å². The normalized spacial score (nSPS) is 14.4. The Bertz CT molecular complexity index is 1540. The van der Waals surface area contributed by atoms with Crippen molar-refractivity contribution < 1.29 is 22.4 Å². The van der Waals surface area contributed by atoms with Gasteiger partial charge in [-0.25, -0.2) is 9.18 Å². The van der Waals surface area contributed by atoms with Gasteiger partial charge in [-0.05, 0) is 36.8 Å². The molecule has 1 aliphatic rings. The molecule has 0 saturated carbocycles. The minimum Gasteiger partial charge on any atom is -0.415 e. The summed E-state index contributed by atoms with van der Waals surface area (Å²) in [6, 6.07) is 21.4. The van der Waals surface area contributed by atoms with Gasteiger partial charge in [-0.3, -0.25) is 14.7 Å². The molecule has 0 aliphatic carbocycles. The zero-order valence-electron chi connectivity index (χ0n) is 24.5. The van der Waals surface area contributed by atoms with E-state index in [1.807, 2.05) is 49.4 Å². The quantitative estimate of drug-likeness (QED) is 0.221. The summed E-state index contributed by atoms with van der Waals surface area (Å²) >= 11 is 0. The van der Waals surface area contributed by atoms with Crippen molar-refractivity contribution in [2.45, 2.75) is 19.9 Å². The molecule has 4 aromatic rings. The maximum atomic E-state index is 15.2. The largest absolute Gasteiger partial charge is 0.415 e. The molecule has 0 bridgehead atoms. The number of carbonyl (C=O) groups excluding carboxylic acids is 1. The lowest BCUT2D eigenvalue weighted by Gasteiger charge is -2.34. The van der Waals surface area contributed by atoms with E-state index in [4.69, 9.17) is 4.42 Å². The summed E-state index contributed by atoms with van der Waals surface area (Å²) < 4.78 is 45.8. The van der Waals surface area contributed by atoms with E-state index in [2.05, 4.69) is 49.6 Å². The third kappa shape index (κ3) is 8.33. The van der Waals surface area contributed by atoms with Crippen LogP contribution in [0.2, 0.25) is 0 Å². The lowest BCUT2D eigenvalue weighted by atomic mass is 10.1. The molecular weight excluding hydrogens is 569 g/mol. The van der Waals surface area contributed by atoms with Crippen LogP contribution in [0.25, 0.3) is 17.5 Å². The Balaban J connectivity index is 1.15. The highest BCUT2D eigenvalue weighted by molar-refractivity contribution is 5.92. The van der Waals surface area contributed by atoms with Gasteiger partial charge < -0.3 is 9.73 Å². The van der Waals surface area contributed by atoms with Gasteiger partial charge in [0, 0.05) is 62.6 Å². The predicted molar refractivity (Wildman–Crippen MR) is 164 cm³/mol. The van der Waals surface area contributed by atoms with Gasteiger partial charge in [0.25, 0.3) is 5.89 Å². The van der Waals surface area contributed by atoms with Gasteiger partial charge >= 0.3 is 12.5 Å². The number of nitrogens with one attached hydrogen (secondary N) is 1. The Morgan fingerprint density at radius 2 is 1.73 bits per heavy atom. The SMILES string of the molecule is Cc1ccc(N(Cc2ccc(-c3nnc(C(F)F)o3)cc2F)C(=O)NCCN2CCN(C/C=C/c3ccccc3)CC2)cc1. The number of piperazine rings is 1. The third-order valence-electron chi connectivity index (χ3n) is 7.49. The number of aromatic nitrogens is 2. The van der Waals surface area contributed by atoms with Crippen molar-refractivity contribution in [2.24, 2.45) is 0 Å². The number of aryl methyl sites for hydroxylation is 1. The smallest absolute Gasteiger partial charge is 0.322 e. The number of amides is 2. The minimum absolute atomic E-state index is 0.0394. The molecule has 1 N–H and O–H groups in total. The van der Waals surface area contributed by atoms with Crippen LogP contribution in [0.3, 0.4) is 0 Å². The monoisotopic (exact) mass is 604 g/mol. The Hall–Kier alpha value is -4.48. The van der Waals surface area contributed by atoms with E-state index in [0.29, 0.717) is 18.8 Å². The summed E-state index contributed by atoms with van der Waals surface area (Å²) in [5, 5.41) is 9.86. The van der Waals surface area contributed by atoms with Gasteiger partial charge in [-0.15, -0.1) is 10.2 Å². The Morgan fingerprint density at radius 3 is 2.41 bits per heavy atom. The number of hydrogen-bond donors (Lipinski definition) is 1. The van der Waals surface area contributed by atoms with Crippen LogP contribution in [-0.2, 0) is 6.54 Å². The fraction of sp³-hybridized carbons (Fsp3) is 0.303. The topological polar surface area (TPSA) is 77.7 Å². The summed E-state index contributed by atoms with van der Waals surface area (Å²) in [4.78, 5) is 19.6. The second kappa shape index (κ2) is 14.8. The molecule has 0 spiro atoms. The molecule has 0 radical (unpaired) electrons. The Kier molecular flexibility index (Phi) is 10.4. The molecule has 1 saturated heterocycles. The van der Waals surface area contributed by atoms with Crippen LogP contribution >= 0.6 is 0 Å². The lowest BCUT2D eigenvalue weighted by Crippen LogP contribution is -2.49. The van der Waals surface area contributed by atoms with Crippen molar-refractivity contribution in [3.8, 4) is 11.5 Å². The first-order valence-corrected chi connectivity index (χ1v) is 14.5. The number of urea groups is 1. The molecule has 11 heteroatoms. The molecule has 0 unspecified atom stereocenters. The molecule has 3 aromatic carbocycles. The molecule has 1 aliphatic heterocycles. The van der Waals surface area contributed by atoms with Gasteiger partial charge in [-0.1, -0.05) is 66.2 Å². The summed E-state index contributed by atoms with van der Waals surface area (Å²) in [5.41, 5.74) is 3.25. The molecule has 2 amide bonds. The van der Waals surface area contributed by atoms with Gasteiger partial charge in [0.2, 0.25) is 5.89 Å². The average Bonchev–Trinajstić information content (AvgIpc) is 3.53. The molecule has 44 heavy (non-hydrogen) atoms. The lowest BCUT2D eigenvalue weighted by molar-refractivity contribution is 0.116. The average molecular weight is 605 g/mol. The van der Waals surface area contributed by atoms with Crippen molar-refractivity contribution >= 4 is 17.8 Å². The Morgan fingerprint density at radius 1 is 1.00 bits per heavy atom. The second-order valence-electron chi connectivity index (χ2n) is 10.7. The van der Waals surface area contributed by atoms with E-state index in [-0.39, 0.29) is 29.6 Å². The molecular formula is C33H35F3N6O2. The van der Waals surface area contributed by atoms with Crippen LogP contribution in [0.5, 0.6) is 0 Å². The number of hydrogen-bond acceptors (Lipinski definition) is 6. The van der Waals surface area contributed by atoms with Crippen LogP contribution in [0, 0.1) is 12.7 Å². The number of rotatable bonds is 11. The van der Waals surface area contributed by atoms with Crippen molar-refractivity contribution in [1.82, 2.24) is 25.3 Å². The van der Waals surface area contributed by atoms with Crippen LogP contribution in [-0.4, -0.2) is 71.8 Å². The third-order valence-corrected chi connectivity index (χ3v) is 7.49. The predicted octanol–water partition coefficient (Wildman–Crippen LogP) is 6.17. The Labute approximate surface area is 254 Å². The number of anilines is 1. The first-order chi connectivity index (χ1) is 21.4. The van der Waals surface area contributed by atoms with Crippen LogP contribution in [0.1, 0.15) is 29.0 Å². The fourth-order valence-corrected chi connectivity index (χ4v) is 4.94. The number of halogens is 3. The van der Waals surface area contributed by atoms with Gasteiger partial charge in [-0.2, -0.15) is 8.78 Å². The van der Waals surface area contributed by atoms with Crippen molar-refractivity contribution in [3.05, 3.63) is 107 Å². The minimum atomic E-state index is -2.92. The molecule has 1 fully saturated rings. The standard InChI is InChI=1S/C33H35F3N6O2/c1-24-9-13-28(14-10-24)42(23-27-12-11-26(22-29(27)34)31-38-39-32(44-31)30(35)36)33(43)37-15-17-41-20-18-40(19-21-41)16-5-8-25-6-3-2-4-7-25/h2-14,22,30H,15-21,23H2,1H3,(H,37,43)/b8-5+. The number of carbonyl (C=O) groups is 1. The van der Waals surface area contributed by atoms with Crippen molar-refractivity contribution in [3.63, 3.8) is 0 Å². The summed E-state index contributed by atoms with van der Waals surface area (Å²) in [6.45, 7) is 7.67. The molecule has 1 aromatic heterocycles. The summed E-state index contributed by atoms with van der Waals surface area (Å²) in [6.07, 6.45) is 1.41. The van der Waals surface area contributed by atoms with E-state index in [1.54, 1.807) is 0 Å². The molecule has 5 rings (SSSR count). The van der Waals surface area contributed by atoms with Crippen LogP contribution in [0.4, 0.5) is 23.7 Å². The van der Waals surface area contributed by atoms with E-state index >= 15 is 4.39 Å². The van der Waals surface area contributed by atoms with Crippen molar-refractivity contribution in [2.75, 3.05) is 50.7 Å². The zero-order valence-corrected chi connectivity index (χ0v) is 24.5. The second-order valence-corrected chi connectivity index (χ2v) is 10.7. The fourth-order valence-electron chi connectivity index (χ4n) is 4.94. The van der Waals surface area contributed by atoms with E-state index in [0.717, 1.165) is 44.4 Å². The van der Waals surface area contributed by atoms with Gasteiger partial charge in [0.15, 0.2) is 0 Å². The van der Waals surface area contributed by atoms with E-state index in [9.17, 15) is 13.6 Å². The summed E-state index contributed by atoms with van der Waals surface area (Å²) in [7, 11) is 0. The molecule has 2 heterocycles. The van der Waals surface area contributed by atoms with Crippen LogP contribution in [0.15, 0.2) is 83.3 Å². The van der Waals surface area contributed by atoms with Crippen LogP contribution < -0.4 is 10.2 Å². The molecule has 230 valence electrons.